The molecule has 0 saturated carbocycles. The van der Waals surface area contributed by atoms with E-state index in [1.807, 2.05) is 18.2 Å². The fourth-order valence-corrected chi connectivity index (χ4v) is 11.2. The fourth-order valence-electron chi connectivity index (χ4n) is 9.58. The monoisotopic (exact) mass is 1440 g/mol. The van der Waals surface area contributed by atoms with Gasteiger partial charge in [0, 0.05) is 19.3 Å². The zero-order valence-electron chi connectivity index (χ0n) is 62.1. The van der Waals surface area contributed by atoms with Crippen molar-refractivity contribution in [3.05, 3.63) is 146 Å². The number of allylic oxidation sites excluding steroid dienone is 23. The summed E-state index contributed by atoms with van der Waals surface area (Å²) in [4.78, 5) is 72.8. The van der Waals surface area contributed by atoms with Gasteiger partial charge in [-0.1, -0.05) is 276 Å². The molecule has 0 aliphatic carbocycles. The Morgan fingerprint density at radius 2 is 0.560 bits per heavy atom. The molecular formula is C81H134O17P2. The average Bonchev–Trinajstić information content (AvgIpc) is 0.953. The van der Waals surface area contributed by atoms with Crippen molar-refractivity contribution in [1.29, 1.82) is 0 Å². The van der Waals surface area contributed by atoms with Crippen molar-refractivity contribution < 1.29 is 80.2 Å². The van der Waals surface area contributed by atoms with Crippen LogP contribution in [0.3, 0.4) is 0 Å². The minimum atomic E-state index is -5.00. The number of aliphatic hydroxyl groups excluding tert-OH is 1. The fraction of sp³-hybridized carbons (Fsp3) is 0.654. The first kappa shape index (κ1) is 94.9. The number of carbonyl (C=O) groups excluding carboxylic acids is 4. The molecule has 0 bridgehead atoms. The molecule has 0 saturated heterocycles. The number of aliphatic hydroxyl groups is 1. The maximum absolute atomic E-state index is 13.1. The average molecular weight is 1440 g/mol. The van der Waals surface area contributed by atoms with Gasteiger partial charge in [0.05, 0.1) is 32.8 Å². The molecule has 0 aromatic carbocycles. The number of unbranched alkanes of at least 4 members (excludes halogenated alkanes) is 21. The van der Waals surface area contributed by atoms with Gasteiger partial charge in [-0.25, -0.2) is 9.13 Å². The van der Waals surface area contributed by atoms with E-state index < -0.39 is 97.5 Å². The Balaban J connectivity index is 5.43. The summed E-state index contributed by atoms with van der Waals surface area (Å²) < 4.78 is 68.3. The van der Waals surface area contributed by atoms with E-state index in [0.29, 0.717) is 25.7 Å². The Morgan fingerprint density at radius 1 is 0.300 bits per heavy atom. The zero-order valence-corrected chi connectivity index (χ0v) is 63.9. The van der Waals surface area contributed by atoms with Crippen molar-refractivity contribution in [1.82, 2.24) is 0 Å². The molecule has 5 atom stereocenters. The molecule has 5 unspecified atom stereocenters. The Bertz CT molecular complexity index is 2470. The van der Waals surface area contributed by atoms with E-state index in [-0.39, 0.29) is 25.7 Å². The van der Waals surface area contributed by atoms with Gasteiger partial charge in [0.1, 0.15) is 19.3 Å². The predicted octanol–water partition coefficient (Wildman–Crippen LogP) is 21.9. The molecule has 0 heterocycles. The van der Waals surface area contributed by atoms with Crippen LogP contribution in [0.2, 0.25) is 0 Å². The number of phosphoric acid groups is 2. The Labute approximate surface area is 605 Å². The SMILES string of the molecule is CC/C=C\C/C=C\C/C=C\C/C=C\C/C=C\CCCCCC(=O)OCC(COP(=O)(O)OCC(O)COP(=O)(O)OCC(COC(=O)C/C=C\C/C=C\C/C=C\C/C=C\C/C=C\CC)OC(=O)CCCCCCC/C=C\C/C=C\CCCCC)OC(=O)CCCCCCCCCCCCC. The van der Waals surface area contributed by atoms with E-state index in [1.165, 1.54) is 57.8 Å². The number of carbonyl (C=O) groups is 4. The van der Waals surface area contributed by atoms with Crippen LogP contribution in [0.1, 0.15) is 285 Å². The number of hydrogen-bond donors (Lipinski definition) is 3. The summed E-state index contributed by atoms with van der Waals surface area (Å²) >= 11 is 0. The van der Waals surface area contributed by atoms with Crippen LogP contribution in [0.25, 0.3) is 0 Å². The molecule has 19 heteroatoms. The maximum atomic E-state index is 13.1. The van der Waals surface area contributed by atoms with Crippen LogP contribution in [0.4, 0.5) is 0 Å². The summed E-state index contributed by atoms with van der Waals surface area (Å²) in [5.41, 5.74) is 0. The molecule has 3 N–H and O–H groups in total. The van der Waals surface area contributed by atoms with E-state index in [4.69, 9.17) is 37.0 Å². The highest BCUT2D eigenvalue weighted by atomic mass is 31.2. The zero-order chi connectivity index (χ0) is 73.2. The molecule has 570 valence electrons. The highest BCUT2D eigenvalue weighted by Gasteiger charge is 2.30. The lowest BCUT2D eigenvalue weighted by Gasteiger charge is -2.21. The van der Waals surface area contributed by atoms with Crippen LogP contribution in [-0.4, -0.2) is 96.7 Å². The second-order valence-electron chi connectivity index (χ2n) is 24.8. The number of ether oxygens (including phenoxy) is 4. The Kier molecular flexibility index (Phi) is 68.6. The van der Waals surface area contributed by atoms with Crippen molar-refractivity contribution in [3.63, 3.8) is 0 Å². The van der Waals surface area contributed by atoms with Crippen LogP contribution in [0.15, 0.2) is 146 Å². The number of phosphoric ester groups is 2. The van der Waals surface area contributed by atoms with E-state index in [0.717, 1.165) is 148 Å². The van der Waals surface area contributed by atoms with Crippen molar-refractivity contribution in [2.24, 2.45) is 0 Å². The number of esters is 4. The van der Waals surface area contributed by atoms with Crippen molar-refractivity contribution in [2.75, 3.05) is 39.6 Å². The summed E-state index contributed by atoms with van der Waals surface area (Å²) in [6, 6.07) is 0. The summed E-state index contributed by atoms with van der Waals surface area (Å²) in [6.07, 6.45) is 81.6. The lowest BCUT2D eigenvalue weighted by atomic mass is 10.1. The highest BCUT2D eigenvalue weighted by Crippen LogP contribution is 2.45. The molecule has 0 rings (SSSR count). The molecule has 0 aliphatic heterocycles. The van der Waals surface area contributed by atoms with Crippen LogP contribution >= 0.6 is 15.6 Å². The largest absolute Gasteiger partial charge is 0.472 e. The Hall–Kier alpha value is -5.06. The second kappa shape index (κ2) is 72.3. The molecule has 0 aliphatic rings. The summed E-state index contributed by atoms with van der Waals surface area (Å²) in [6.45, 7) is 4.43. The first-order valence-electron chi connectivity index (χ1n) is 38.1. The number of hydrogen-bond acceptors (Lipinski definition) is 15. The Morgan fingerprint density at radius 3 is 0.920 bits per heavy atom. The van der Waals surface area contributed by atoms with Gasteiger partial charge in [-0.3, -0.25) is 37.3 Å². The van der Waals surface area contributed by atoms with Crippen molar-refractivity contribution >= 4 is 39.5 Å². The molecule has 0 aromatic rings. The third-order valence-electron chi connectivity index (χ3n) is 15.3. The molecule has 0 aromatic heterocycles. The quantitative estimate of drug-likeness (QED) is 0.0169. The minimum absolute atomic E-state index is 0.0555. The summed E-state index contributed by atoms with van der Waals surface area (Å²) in [7, 11) is -9.99. The van der Waals surface area contributed by atoms with Gasteiger partial charge >= 0.3 is 39.5 Å². The van der Waals surface area contributed by atoms with Gasteiger partial charge in [0.15, 0.2) is 12.2 Å². The van der Waals surface area contributed by atoms with Crippen LogP contribution < -0.4 is 0 Å². The van der Waals surface area contributed by atoms with Gasteiger partial charge in [-0.15, -0.1) is 0 Å². The lowest BCUT2D eigenvalue weighted by molar-refractivity contribution is -0.161. The molecule has 0 amide bonds. The number of rotatable bonds is 70. The second-order valence-corrected chi connectivity index (χ2v) is 27.8. The van der Waals surface area contributed by atoms with Gasteiger partial charge in [0.25, 0.3) is 0 Å². The van der Waals surface area contributed by atoms with E-state index in [1.54, 1.807) is 6.08 Å². The van der Waals surface area contributed by atoms with E-state index in [9.17, 15) is 43.2 Å². The normalized spacial score (nSPS) is 14.8. The van der Waals surface area contributed by atoms with Crippen molar-refractivity contribution in [2.45, 2.75) is 303 Å². The molecule has 100 heavy (non-hydrogen) atoms. The van der Waals surface area contributed by atoms with Gasteiger partial charge < -0.3 is 33.8 Å². The summed E-state index contributed by atoms with van der Waals surface area (Å²) in [5, 5.41) is 10.6. The molecule has 17 nitrogen and oxygen atoms in total. The van der Waals surface area contributed by atoms with Gasteiger partial charge in [-0.2, -0.15) is 0 Å². The molecular weight excluding hydrogens is 1310 g/mol. The third-order valence-corrected chi connectivity index (χ3v) is 17.2. The minimum Gasteiger partial charge on any atom is -0.462 e. The van der Waals surface area contributed by atoms with E-state index >= 15 is 0 Å². The summed E-state index contributed by atoms with van der Waals surface area (Å²) in [5.74, 6) is -2.38. The lowest BCUT2D eigenvalue weighted by Crippen LogP contribution is -2.30. The van der Waals surface area contributed by atoms with Crippen molar-refractivity contribution in [3.8, 4) is 0 Å². The molecule has 0 fully saturated rings. The third kappa shape index (κ3) is 71.3. The van der Waals surface area contributed by atoms with Crippen LogP contribution in [-0.2, 0) is 65.4 Å². The molecule has 0 spiro atoms. The van der Waals surface area contributed by atoms with Gasteiger partial charge in [0.2, 0.25) is 0 Å². The van der Waals surface area contributed by atoms with Crippen LogP contribution in [0.5, 0.6) is 0 Å². The first-order chi connectivity index (χ1) is 48.7. The molecule has 0 radical (unpaired) electrons. The first-order valence-corrected chi connectivity index (χ1v) is 41.1. The predicted molar refractivity (Wildman–Crippen MR) is 408 cm³/mol. The standard InChI is InChI=1S/C81H134O17P2/c1-5-9-13-17-21-25-29-32-35-36-37-38-41-43-47-50-54-58-62-66-79(84)91-71-76(97-80(85)67-63-59-55-51-45-28-24-20-16-12-8-4)73-95-99(87,88)93-69-75(82)70-94-100(89,90)96-74-77(98-81(86)68-64-60-56-52-48-44-40-34-31-27-23-19-15-11-7-3)72-92-78(83)65-61-57-53-49-46-42-39-33-30-26-22-18-14-10-6-2/h9-10,13-14,21-23,25-27,32-35,37-40,43,46-47,49,57,61,75-77,82H,5-8,11-12,15-20,24,28-31,36,41-42,44-45,48,50-56,58-60,62-74H2,1-4H3,(H,87,88)(H,89,90)/b13-9-,14-10-,25-21-,26-22-,27-23-,35-32-,38-37-,39-33-,40-34-,47-43-,49-46-,61-57-. The topological polar surface area (TPSA) is 237 Å². The smallest absolute Gasteiger partial charge is 0.462 e. The van der Waals surface area contributed by atoms with E-state index in [2.05, 4.69) is 149 Å². The highest BCUT2D eigenvalue weighted by molar-refractivity contribution is 7.47. The van der Waals surface area contributed by atoms with Crippen LogP contribution in [0, 0.1) is 0 Å². The van der Waals surface area contributed by atoms with Gasteiger partial charge in [-0.05, 0) is 128 Å². The maximum Gasteiger partial charge on any atom is 0.472 e.